The minimum atomic E-state index is 0.0874. The predicted octanol–water partition coefficient (Wildman–Crippen LogP) is 3.03. The van der Waals surface area contributed by atoms with Crippen molar-refractivity contribution in [3.63, 3.8) is 0 Å². The van der Waals surface area contributed by atoms with Gasteiger partial charge in [-0.05, 0) is 51.3 Å². The van der Waals surface area contributed by atoms with Gasteiger partial charge < -0.3 is 10.8 Å². The monoisotopic (exact) mass is 302 g/mol. The molecule has 0 saturated carbocycles. The third kappa shape index (κ3) is 3.70. The average molecular weight is 303 g/mol. The van der Waals surface area contributed by atoms with Crippen molar-refractivity contribution in [3.05, 3.63) is 21.3 Å². The summed E-state index contributed by atoms with van der Waals surface area (Å²) in [6, 6.07) is 4.94. The summed E-state index contributed by atoms with van der Waals surface area (Å²) >= 11 is 7.69. The number of rotatable bonds is 6. The zero-order valence-electron chi connectivity index (χ0n) is 11.4. The Morgan fingerprint density at radius 3 is 2.95 bits per heavy atom. The molecule has 0 radical (unpaired) electrons. The molecule has 1 aromatic heterocycles. The fraction of sp³-hybridized carbons (Fsp3) is 0.714. The van der Waals surface area contributed by atoms with Gasteiger partial charge in [0.2, 0.25) is 0 Å². The zero-order chi connectivity index (χ0) is 13.8. The molecule has 0 spiro atoms. The maximum atomic E-state index is 9.02. The van der Waals surface area contributed by atoms with Crippen LogP contribution < -0.4 is 5.73 Å². The van der Waals surface area contributed by atoms with Crippen LogP contribution in [0.25, 0.3) is 0 Å². The van der Waals surface area contributed by atoms with Gasteiger partial charge in [0, 0.05) is 23.6 Å². The lowest BCUT2D eigenvalue weighted by atomic mass is 10.0. The van der Waals surface area contributed by atoms with E-state index >= 15 is 0 Å². The van der Waals surface area contributed by atoms with E-state index < -0.39 is 0 Å². The van der Waals surface area contributed by atoms with Crippen LogP contribution in [0.4, 0.5) is 0 Å². The number of nitrogens with two attached hydrogens (primary N) is 1. The van der Waals surface area contributed by atoms with Crippen molar-refractivity contribution in [2.24, 2.45) is 5.73 Å². The molecule has 0 aliphatic carbocycles. The Kier molecular flexibility index (Phi) is 5.66. The summed E-state index contributed by atoms with van der Waals surface area (Å²) < 4.78 is 0.826. The number of likely N-dealkylation sites (tertiary alicyclic amines) is 1. The van der Waals surface area contributed by atoms with Gasteiger partial charge in [0.05, 0.1) is 10.4 Å². The third-order valence-corrected chi connectivity index (χ3v) is 5.16. The lowest BCUT2D eigenvalue weighted by Gasteiger charge is -2.35. The van der Waals surface area contributed by atoms with Gasteiger partial charge in [-0.3, -0.25) is 4.90 Å². The summed E-state index contributed by atoms with van der Waals surface area (Å²) in [4.78, 5) is 3.78. The molecule has 2 rings (SSSR count). The molecule has 1 fully saturated rings. The minimum Gasteiger partial charge on any atom is -0.396 e. The maximum Gasteiger partial charge on any atom is 0.0931 e. The molecular weight excluding hydrogens is 280 g/mol. The van der Waals surface area contributed by atoms with Gasteiger partial charge >= 0.3 is 0 Å². The molecule has 5 heteroatoms. The molecule has 3 atom stereocenters. The van der Waals surface area contributed by atoms with Crippen molar-refractivity contribution in [1.82, 2.24) is 4.90 Å². The van der Waals surface area contributed by atoms with E-state index in [4.69, 9.17) is 22.4 Å². The highest BCUT2D eigenvalue weighted by Crippen LogP contribution is 2.37. The van der Waals surface area contributed by atoms with Gasteiger partial charge in [0.25, 0.3) is 0 Å². The number of hydrogen-bond donors (Lipinski definition) is 2. The standard InChI is InChI=1S/C14H23ClN2OS/c1-10(16)14(12-6-7-13(15)19-12)17-8-2-4-11(17)5-3-9-18/h6-7,10-11,14,18H,2-5,8-9,16H2,1H3. The van der Waals surface area contributed by atoms with Crippen LogP contribution in [-0.2, 0) is 0 Å². The molecule has 1 aliphatic rings. The number of hydrogen-bond acceptors (Lipinski definition) is 4. The number of aliphatic hydroxyl groups is 1. The van der Waals surface area contributed by atoms with E-state index in [-0.39, 0.29) is 18.7 Å². The molecule has 0 bridgehead atoms. The van der Waals surface area contributed by atoms with Crippen molar-refractivity contribution in [2.75, 3.05) is 13.2 Å². The van der Waals surface area contributed by atoms with Crippen LogP contribution in [0, 0.1) is 0 Å². The SMILES string of the molecule is CC(N)C(c1ccc(Cl)s1)N1CCCC1CCCO. The normalized spacial score (nSPS) is 23.7. The highest BCUT2D eigenvalue weighted by molar-refractivity contribution is 7.16. The minimum absolute atomic E-state index is 0.0874. The summed E-state index contributed by atoms with van der Waals surface area (Å²) in [5.74, 6) is 0. The quantitative estimate of drug-likeness (QED) is 0.849. The van der Waals surface area contributed by atoms with E-state index in [1.165, 1.54) is 17.7 Å². The fourth-order valence-electron chi connectivity index (χ4n) is 3.07. The van der Waals surface area contributed by atoms with Crippen molar-refractivity contribution in [2.45, 2.75) is 50.7 Å². The molecule has 3 N–H and O–H groups in total. The predicted molar refractivity (Wildman–Crippen MR) is 81.8 cm³/mol. The average Bonchev–Trinajstić information content (AvgIpc) is 2.97. The Labute approximate surface area is 124 Å². The summed E-state index contributed by atoms with van der Waals surface area (Å²) in [5.41, 5.74) is 6.22. The number of thiophene rings is 1. The molecule has 1 aliphatic heterocycles. The Morgan fingerprint density at radius 1 is 1.58 bits per heavy atom. The van der Waals surface area contributed by atoms with Gasteiger partial charge in [0.15, 0.2) is 0 Å². The summed E-state index contributed by atoms with van der Waals surface area (Å²) in [6.45, 7) is 3.44. The van der Waals surface area contributed by atoms with Gasteiger partial charge in [-0.15, -0.1) is 11.3 Å². The second-order valence-electron chi connectivity index (χ2n) is 5.35. The molecule has 2 heterocycles. The Morgan fingerprint density at radius 2 is 2.37 bits per heavy atom. The van der Waals surface area contributed by atoms with Gasteiger partial charge in [0.1, 0.15) is 0 Å². The number of nitrogens with zero attached hydrogens (tertiary/aromatic N) is 1. The first-order valence-corrected chi connectivity index (χ1v) is 8.20. The van der Waals surface area contributed by atoms with Crippen molar-refractivity contribution in [3.8, 4) is 0 Å². The first kappa shape index (κ1) is 15.3. The van der Waals surface area contributed by atoms with Crippen LogP contribution in [0.15, 0.2) is 12.1 Å². The fourth-order valence-corrected chi connectivity index (χ4v) is 4.37. The molecule has 3 nitrogen and oxygen atoms in total. The summed E-state index contributed by atoms with van der Waals surface area (Å²) in [7, 11) is 0. The highest BCUT2D eigenvalue weighted by atomic mass is 35.5. The van der Waals surface area contributed by atoms with Crippen LogP contribution in [0.5, 0.6) is 0 Å². The third-order valence-electron chi connectivity index (χ3n) is 3.86. The van der Waals surface area contributed by atoms with E-state index in [1.54, 1.807) is 11.3 Å². The maximum absolute atomic E-state index is 9.02. The lowest BCUT2D eigenvalue weighted by molar-refractivity contribution is 0.148. The van der Waals surface area contributed by atoms with Crippen LogP contribution >= 0.6 is 22.9 Å². The molecular formula is C14H23ClN2OS. The zero-order valence-corrected chi connectivity index (χ0v) is 13.0. The molecule has 108 valence electrons. The topological polar surface area (TPSA) is 49.5 Å². The molecule has 19 heavy (non-hydrogen) atoms. The van der Waals surface area contributed by atoms with Crippen LogP contribution in [0.1, 0.15) is 43.5 Å². The largest absolute Gasteiger partial charge is 0.396 e. The lowest BCUT2D eigenvalue weighted by Crippen LogP contribution is -2.41. The Hall–Kier alpha value is -0.130. The van der Waals surface area contributed by atoms with Crippen LogP contribution in [0.3, 0.4) is 0 Å². The first-order valence-electron chi connectivity index (χ1n) is 7.01. The van der Waals surface area contributed by atoms with Crippen LogP contribution in [-0.4, -0.2) is 35.2 Å². The second-order valence-corrected chi connectivity index (χ2v) is 7.09. The number of aliphatic hydroxyl groups excluding tert-OH is 1. The van der Waals surface area contributed by atoms with E-state index in [2.05, 4.69) is 17.9 Å². The van der Waals surface area contributed by atoms with Gasteiger partial charge in [-0.25, -0.2) is 0 Å². The van der Waals surface area contributed by atoms with E-state index in [0.29, 0.717) is 6.04 Å². The molecule has 1 aromatic rings. The van der Waals surface area contributed by atoms with E-state index in [9.17, 15) is 0 Å². The van der Waals surface area contributed by atoms with E-state index in [1.807, 2.05) is 6.07 Å². The molecule has 0 aromatic carbocycles. The second kappa shape index (κ2) is 7.04. The van der Waals surface area contributed by atoms with Crippen LogP contribution in [0.2, 0.25) is 4.34 Å². The first-order chi connectivity index (χ1) is 9.13. The smallest absolute Gasteiger partial charge is 0.0931 e. The van der Waals surface area contributed by atoms with Gasteiger partial charge in [-0.1, -0.05) is 11.6 Å². The van der Waals surface area contributed by atoms with E-state index in [0.717, 1.165) is 23.7 Å². The Balaban J connectivity index is 2.14. The van der Waals surface area contributed by atoms with Crippen molar-refractivity contribution in [1.29, 1.82) is 0 Å². The number of halogens is 1. The highest BCUT2D eigenvalue weighted by Gasteiger charge is 2.33. The van der Waals surface area contributed by atoms with Crippen molar-refractivity contribution < 1.29 is 5.11 Å². The Bertz CT molecular complexity index is 397. The summed E-state index contributed by atoms with van der Waals surface area (Å²) in [5, 5.41) is 9.02. The summed E-state index contributed by atoms with van der Waals surface area (Å²) in [6.07, 6.45) is 4.36. The van der Waals surface area contributed by atoms with Gasteiger partial charge in [-0.2, -0.15) is 0 Å². The molecule has 3 unspecified atom stereocenters. The molecule has 1 saturated heterocycles. The van der Waals surface area contributed by atoms with Crippen molar-refractivity contribution >= 4 is 22.9 Å². The molecule has 0 amide bonds.